The highest BCUT2D eigenvalue weighted by Crippen LogP contribution is 2.30. The van der Waals surface area contributed by atoms with Gasteiger partial charge in [-0.25, -0.2) is 0 Å². The maximum atomic E-state index is 12.8. The van der Waals surface area contributed by atoms with Crippen molar-refractivity contribution in [1.82, 2.24) is 24.6 Å². The maximum absolute atomic E-state index is 12.8. The third-order valence-corrected chi connectivity index (χ3v) is 7.80. The molecule has 2 amide bonds. The van der Waals surface area contributed by atoms with E-state index in [2.05, 4.69) is 33.0 Å². The highest BCUT2D eigenvalue weighted by Gasteiger charge is 2.29. The summed E-state index contributed by atoms with van der Waals surface area (Å²) in [7, 11) is 0. The molecule has 1 atom stereocenters. The van der Waals surface area contributed by atoms with Crippen LogP contribution in [0.3, 0.4) is 0 Å². The van der Waals surface area contributed by atoms with Crippen molar-refractivity contribution in [1.29, 1.82) is 0 Å². The molecule has 0 radical (unpaired) electrons. The molecule has 0 aliphatic carbocycles. The molecular formula is C25H31N5O2S2. The van der Waals surface area contributed by atoms with Crippen LogP contribution in [-0.4, -0.2) is 67.8 Å². The van der Waals surface area contributed by atoms with E-state index in [1.54, 1.807) is 23.1 Å². The van der Waals surface area contributed by atoms with Gasteiger partial charge in [0.25, 0.3) is 0 Å². The second-order valence-corrected chi connectivity index (χ2v) is 10.4. The van der Waals surface area contributed by atoms with E-state index in [1.807, 2.05) is 53.3 Å². The molecule has 34 heavy (non-hydrogen) atoms. The molecule has 1 aliphatic heterocycles. The van der Waals surface area contributed by atoms with E-state index in [1.165, 1.54) is 0 Å². The maximum Gasteiger partial charge on any atom is 0.222 e. The van der Waals surface area contributed by atoms with E-state index < -0.39 is 0 Å². The Morgan fingerprint density at radius 1 is 1.06 bits per heavy atom. The van der Waals surface area contributed by atoms with Crippen LogP contribution in [0.15, 0.2) is 53.0 Å². The Morgan fingerprint density at radius 2 is 1.88 bits per heavy atom. The third-order valence-electron chi connectivity index (χ3n) is 5.92. The normalized spacial score (nSPS) is 16.1. The van der Waals surface area contributed by atoms with Gasteiger partial charge in [-0.3, -0.25) is 14.2 Å². The molecule has 180 valence electrons. The number of hydrogen-bond acceptors (Lipinski definition) is 6. The lowest BCUT2D eigenvalue weighted by Crippen LogP contribution is -2.55. The molecule has 3 heterocycles. The van der Waals surface area contributed by atoms with Crippen molar-refractivity contribution in [3.05, 3.63) is 47.8 Å². The van der Waals surface area contributed by atoms with Crippen LogP contribution in [0.25, 0.3) is 16.4 Å². The quantitative estimate of drug-likeness (QED) is 0.316. The molecule has 1 saturated heterocycles. The Balaban J connectivity index is 1.32. The molecule has 0 N–H and O–H groups in total. The fourth-order valence-corrected chi connectivity index (χ4v) is 5.78. The van der Waals surface area contributed by atoms with E-state index in [9.17, 15) is 9.59 Å². The highest BCUT2D eigenvalue weighted by atomic mass is 32.2. The molecular weight excluding hydrogens is 466 g/mol. The minimum atomic E-state index is 0.0752. The van der Waals surface area contributed by atoms with E-state index >= 15 is 0 Å². The van der Waals surface area contributed by atoms with Crippen LogP contribution >= 0.6 is 23.1 Å². The summed E-state index contributed by atoms with van der Waals surface area (Å²) in [6, 6.07) is 14.3. The van der Waals surface area contributed by atoms with Gasteiger partial charge in [0.15, 0.2) is 11.0 Å². The van der Waals surface area contributed by atoms with Crippen LogP contribution in [0.4, 0.5) is 0 Å². The fourth-order valence-electron chi connectivity index (χ4n) is 4.20. The lowest BCUT2D eigenvalue weighted by Gasteiger charge is -2.40. The molecule has 0 saturated carbocycles. The third kappa shape index (κ3) is 5.70. The summed E-state index contributed by atoms with van der Waals surface area (Å²) < 4.78 is 2.09. The van der Waals surface area contributed by atoms with Crippen LogP contribution in [0.1, 0.15) is 39.5 Å². The Labute approximate surface area is 209 Å². The number of amides is 2. The summed E-state index contributed by atoms with van der Waals surface area (Å²) in [6.07, 6.45) is 2.70. The van der Waals surface area contributed by atoms with Gasteiger partial charge < -0.3 is 9.80 Å². The summed E-state index contributed by atoms with van der Waals surface area (Å²) in [4.78, 5) is 29.9. The minimum absolute atomic E-state index is 0.0752. The van der Waals surface area contributed by atoms with Gasteiger partial charge in [-0.15, -0.1) is 21.5 Å². The zero-order chi connectivity index (χ0) is 23.9. The largest absolute Gasteiger partial charge is 0.339 e. The van der Waals surface area contributed by atoms with Gasteiger partial charge in [0, 0.05) is 50.0 Å². The second kappa shape index (κ2) is 11.7. The molecule has 1 unspecified atom stereocenters. The Morgan fingerprint density at radius 3 is 2.59 bits per heavy atom. The number of rotatable bonds is 9. The van der Waals surface area contributed by atoms with Crippen LogP contribution < -0.4 is 0 Å². The van der Waals surface area contributed by atoms with Crippen LogP contribution in [-0.2, 0) is 9.59 Å². The van der Waals surface area contributed by atoms with Gasteiger partial charge in [0.05, 0.1) is 4.88 Å². The second-order valence-electron chi connectivity index (χ2n) is 8.43. The molecule has 9 heteroatoms. The van der Waals surface area contributed by atoms with Crippen molar-refractivity contribution in [2.24, 2.45) is 0 Å². The molecule has 4 rings (SSSR count). The molecule has 0 bridgehead atoms. The summed E-state index contributed by atoms with van der Waals surface area (Å²) in [6.45, 7) is 5.93. The molecule has 7 nitrogen and oxygen atoms in total. The van der Waals surface area contributed by atoms with Gasteiger partial charge in [-0.2, -0.15) is 0 Å². The predicted octanol–water partition coefficient (Wildman–Crippen LogP) is 4.73. The van der Waals surface area contributed by atoms with Crippen LogP contribution in [0.5, 0.6) is 0 Å². The Bertz CT molecular complexity index is 1080. The van der Waals surface area contributed by atoms with E-state index in [4.69, 9.17) is 0 Å². The average molecular weight is 498 g/mol. The fraction of sp³-hybridized carbons (Fsp3) is 0.440. The van der Waals surface area contributed by atoms with Crippen LogP contribution in [0, 0.1) is 0 Å². The number of carbonyl (C=O) groups excluding carboxylic acids is 2. The lowest BCUT2D eigenvalue weighted by atomic mass is 10.1. The summed E-state index contributed by atoms with van der Waals surface area (Å²) in [5.41, 5.74) is 1.03. The van der Waals surface area contributed by atoms with Crippen molar-refractivity contribution in [2.45, 2.75) is 50.7 Å². The number of hydrogen-bond donors (Lipinski definition) is 0. The van der Waals surface area contributed by atoms with E-state index in [-0.39, 0.29) is 17.9 Å². The first-order valence-electron chi connectivity index (χ1n) is 11.8. The van der Waals surface area contributed by atoms with Crippen molar-refractivity contribution < 1.29 is 9.59 Å². The predicted molar refractivity (Wildman–Crippen MR) is 137 cm³/mol. The first-order chi connectivity index (χ1) is 16.6. The number of thiophene rings is 1. The number of aromatic nitrogens is 3. The van der Waals surface area contributed by atoms with E-state index in [0.717, 1.165) is 40.1 Å². The number of thioether (sulfide) groups is 1. The molecule has 1 aliphatic rings. The van der Waals surface area contributed by atoms with Crippen molar-refractivity contribution in [3.8, 4) is 16.4 Å². The lowest BCUT2D eigenvalue weighted by molar-refractivity contribution is -0.142. The van der Waals surface area contributed by atoms with Gasteiger partial charge in [0.2, 0.25) is 11.8 Å². The van der Waals surface area contributed by atoms with Gasteiger partial charge in [-0.05, 0) is 43.3 Å². The summed E-state index contributed by atoms with van der Waals surface area (Å²) >= 11 is 3.27. The molecule has 0 spiro atoms. The summed E-state index contributed by atoms with van der Waals surface area (Å²) in [5, 5.41) is 11.8. The smallest absolute Gasteiger partial charge is 0.222 e. The first kappa shape index (κ1) is 24.5. The zero-order valence-corrected chi connectivity index (χ0v) is 21.4. The number of benzene rings is 1. The highest BCUT2D eigenvalue weighted by molar-refractivity contribution is 7.99. The molecule has 1 aromatic carbocycles. The van der Waals surface area contributed by atoms with Gasteiger partial charge >= 0.3 is 0 Å². The Kier molecular flexibility index (Phi) is 8.39. The molecule has 1 fully saturated rings. The summed E-state index contributed by atoms with van der Waals surface area (Å²) in [5.74, 6) is 1.98. The number of nitrogens with zero attached hydrogens (tertiary/aromatic N) is 5. The van der Waals surface area contributed by atoms with Crippen LogP contribution in [0.2, 0.25) is 0 Å². The topological polar surface area (TPSA) is 71.3 Å². The number of carbonyl (C=O) groups is 2. The Hall–Kier alpha value is -2.65. The van der Waals surface area contributed by atoms with E-state index in [0.29, 0.717) is 32.5 Å². The number of para-hydroxylation sites is 1. The minimum Gasteiger partial charge on any atom is -0.339 e. The molecule has 2 aromatic heterocycles. The van der Waals surface area contributed by atoms with Crippen molar-refractivity contribution in [2.75, 3.05) is 25.4 Å². The average Bonchev–Trinajstić information content (AvgIpc) is 3.52. The number of piperazine rings is 1. The molecule has 3 aromatic rings. The van der Waals surface area contributed by atoms with Crippen molar-refractivity contribution in [3.63, 3.8) is 0 Å². The van der Waals surface area contributed by atoms with Crippen molar-refractivity contribution >= 4 is 34.9 Å². The first-order valence-corrected chi connectivity index (χ1v) is 13.7. The zero-order valence-electron chi connectivity index (χ0n) is 19.7. The monoisotopic (exact) mass is 497 g/mol. The SMILES string of the molecule is CCCC(=O)N1CCN(C(=O)CCCSc2nnc(-c3cccs3)n2-c2ccccc2)CC1C. The van der Waals surface area contributed by atoms with Gasteiger partial charge in [-0.1, -0.05) is 43.0 Å². The standard InChI is InChI=1S/C25H31N5O2S2/c1-3-9-23(32)29-15-14-28(18-19(29)2)22(31)13-8-17-34-25-27-26-24(21-12-7-16-33-21)30(25)20-10-5-4-6-11-20/h4-7,10-12,16,19H,3,8-9,13-15,17-18H2,1-2H3. The van der Waals surface area contributed by atoms with Gasteiger partial charge in [0.1, 0.15) is 0 Å².